The number of rotatable bonds is 5. The van der Waals surface area contributed by atoms with Crippen molar-refractivity contribution in [2.24, 2.45) is 17.3 Å². The maximum atomic E-state index is 12.2. The van der Waals surface area contributed by atoms with E-state index in [4.69, 9.17) is 0 Å². The van der Waals surface area contributed by atoms with Gasteiger partial charge in [0.05, 0.1) is 12.5 Å². The minimum absolute atomic E-state index is 0.0478. The van der Waals surface area contributed by atoms with Crippen LogP contribution >= 0.6 is 0 Å². The van der Waals surface area contributed by atoms with Crippen molar-refractivity contribution >= 4 is 11.8 Å². The zero-order valence-electron chi connectivity index (χ0n) is 11.9. The Labute approximate surface area is 119 Å². The zero-order valence-corrected chi connectivity index (χ0v) is 11.9. The van der Waals surface area contributed by atoms with Crippen molar-refractivity contribution in [1.82, 2.24) is 10.2 Å². The van der Waals surface area contributed by atoms with E-state index in [0.29, 0.717) is 13.1 Å². The van der Waals surface area contributed by atoms with E-state index in [-0.39, 0.29) is 35.7 Å². The SMILES string of the molecule is O=C(NCC1(CO)CC1)[C@H]1CCCN(C(=O)C2CC2)C1. The first-order valence-electron chi connectivity index (χ1n) is 7.81. The summed E-state index contributed by atoms with van der Waals surface area (Å²) in [5.41, 5.74) is -0.0478. The van der Waals surface area contributed by atoms with Gasteiger partial charge in [-0.1, -0.05) is 0 Å². The molecule has 0 aromatic rings. The Morgan fingerprint density at radius 3 is 2.55 bits per heavy atom. The molecule has 0 aromatic heterocycles. The number of carbonyl (C=O) groups is 2. The quantitative estimate of drug-likeness (QED) is 0.771. The van der Waals surface area contributed by atoms with Crippen LogP contribution in [0.15, 0.2) is 0 Å². The van der Waals surface area contributed by atoms with Crippen LogP contribution in [0, 0.1) is 17.3 Å². The average molecular weight is 280 g/mol. The van der Waals surface area contributed by atoms with Gasteiger partial charge < -0.3 is 15.3 Å². The summed E-state index contributed by atoms with van der Waals surface area (Å²) in [7, 11) is 0. The fraction of sp³-hybridized carbons (Fsp3) is 0.867. The molecule has 5 heteroatoms. The number of amides is 2. The summed E-state index contributed by atoms with van der Waals surface area (Å²) in [6.07, 6.45) is 5.83. The van der Waals surface area contributed by atoms with Gasteiger partial charge in [0.1, 0.15) is 0 Å². The van der Waals surface area contributed by atoms with Crippen LogP contribution in [0.2, 0.25) is 0 Å². The van der Waals surface area contributed by atoms with Crippen molar-refractivity contribution in [3.05, 3.63) is 0 Å². The van der Waals surface area contributed by atoms with E-state index in [0.717, 1.165) is 45.1 Å². The normalized spacial score (nSPS) is 28.1. The zero-order chi connectivity index (χ0) is 14.2. The molecule has 1 atom stereocenters. The lowest BCUT2D eigenvalue weighted by Gasteiger charge is -2.32. The van der Waals surface area contributed by atoms with E-state index < -0.39 is 0 Å². The second-order valence-corrected chi connectivity index (χ2v) is 6.77. The van der Waals surface area contributed by atoms with Crippen LogP contribution in [0.4, 0.5) is 0 Å². The molecule has 2 aliphatic carbocycles. The fourth-order valence-electron chi connectivity index (χ4n) is 2.97. The molecule has 1 saturated heterocycles. The van der Waals surface area contributed by atoms with Crippen LogP contribution in [-0.4, -0.2) is 48.1 Å². The molecular weight excluding hydrogens is 256 g/mol. The molecule has 0 aromatic carbocycles. The van der Waals surface area contributed by atoms with Gasteiger partial charge in [0.15, 0.2) is 0 Å². The summed E-state index contributed by atoms with van der Waals surface area (Å²) in [5.74, 6) is 0.469. The summed E-state index contributed by atoms with van der Waals surface area (Å²) in [6.45, 7) is 2.12. The first kappa shape index (κ1) is 13.9. The Balaban J connectivity index is 1.48. The monoisotopic (exact) mass is 280 g/mol. The lowest BCUT2D eigenvalue weighted by atomic mass is 9.96. The average Bonchev–Trinajstić information content (AvgIpc) is 3.38. The van der Waals surface area contributed by atoms with Gasteiger partial charge in [-0.15, -0.1) is 0 Å². The van der Waals surface area contributed by atoms with Crippen molar-refractivity contribution in [2.45, 2.75) is 38.5 Å². The van der Waals surface area contributed by atoms with Crippen molar-refractivity contribution in [3.8, 4) is 0 Å². The number of nitrogens with zero attached hydrogens (tertiary/aromatic N) is 1. The fourth-order valence-corrected chi connectivity index (χ4v) is 2.97. The van der Waals surface area contributed by atoms with Crippen LogP contribution in [0.1, 0.15) is 38.5 Å². The lowest BCUT2D eigenvalue weighted by molar-refractivity contribution is -0.136. The molecule has 5 nitrogen and oxygen atoms in total. The predicted octanol–water partition coefficient (Wildman–Crippen LogP) is 0.524. The van der Waals surface area contributed by atoms with E-state index in [1.807, 2.05) is 4.90 Å². The van der Waals surface area contributed by atoms with E-state index in [1.54, 1.807) is 0 Å². The predicted molar refractivity (Wildman–Crippen MR) is 73.8 cm³/mol. The largest absolute Gasteiger partial charge is 0.396 e. The van der Waals surface area contributed by atoms with Crippen molar-refractivity contribution in [2.75, 3.05) is 26.2 Å². The molecule has 2 N–H and O–H groups in total. The third-order valence-electron chi connectivity index (χ3n) is 4.96. The van der Waals surface area contributed by atoms with Crippen LogP contribution in [0.3, 0.4) is 0 Å². The second-order valence-electron chi connectivity index (χ2n) is 6.77. The molecule has 3 rings (SSSR count). The van der Waals surface area contributed by atoms with Gasteiger partial charge in [-0.05, 0) is 38.5 Å². The highest BCUT2D eigenvalue weighted by molar-refractivity contribution is 5.83. The number of nitrogens with one attached hydrogen (secondary N) is 1. The topological polar surface area (TPSA) is 69.6 Å². The third kappa shape index (κ3) is 2.97. The highest BCUT2D eigenvalue weighted by atomic mass is 16.3. The maximum absolute atomic E-state index is 12.2. The summed E-state index contributed by atoms with van der Waals surface area (Å²) in [4.78, 5) is 26.2. The molecule has 1 aliphatic heterocycles. The van der Waals surface area contributed by atoms with Gasteiger partial charge in [0.2, 0.25) is 11.8 Å². The highest BCUT2D eigenvalue weighted by Gasteiger charge is 2.43. The maximum Gasteiger partial charge on any atom is 0.225 e. The summed E-state index contributed by atoms with van der Waals surface area (Å²) < 4.78 is 0. The summed E-state index contributed by atoms with van der Waals surface area (Å²) in [5, 5.41) is 12.2. The van der Waals surface area contributed by atoms with Crippen LogP contribution in [0.25, 0.3) is 0 Å². The number of hydrogen-bond acceptors (Lipinski definition) is 3. The van der Waals surface area contributed by atoms with Gasteiger partial charge in [-0.25, -0.2) is 0 Å². The Kier molecular flexibility index (Phi) is 3.71. The minimum atomic E-state index is -0.0686. The molecule has 0 unspecified atom stereocenters. The Morgan fingerprint density at radius 2 is 1.95 bits per heavy atom. The van der Waals surface area contributed by atoms with Gasteiger partial charge in [-0.2, -0.15) is 0 Å². The number of aliphatic hydroxyl groups is 1. The number of aliphatic hydroxyl groups excluding tert-OH is 1. The van der Waals surface area contributed by atoms with Gasteiger partial charge in [-0.3, -0.25) is 9.59 Å². The molecule has 0 spiro atoms. The van der Waals surface area contributed by atoms with E-state index in [1.165, 1.54) is 0 Å². The Bertz CT molecular complexity index is 402. The Morgan fingerprint density at radius 1 is 1.20 bits per heavy atom. The first-order valence-corrected chi connectivity index (χ1v) is 7.81. The van der Waals surface area contributed by atoms with Crippen molar-refractivity contribution < 1.29 is 14.7 Å². The summed E-state index contributed by atoms with van der Waals surface area (Å²) >= 11 is 0. The third-order valence-corrected chi connectivity index (χ3v) is 4.96. The van der Waals surface area contributed by atoms with Gasteiger partial charge in [0.25, 0.3) is 0 Å². The first-order chi connectivity index (χ1) is 9.63. The van der Waals surface area contributed by atoms with E-state index in [9.17, 15) is 14.7 Å². The summed E-state index contributed by atoms with van der Waals surface area (Å²) in [6, 6.07) is 0. The van der Waals surface area contributed by atoms with E-state index in [2.05, 4.69) is 5.32 Å². The molecule has 2 amide bonds. The van der Waals surface area contributed by atoms with Crippen LogP contribution in [-0.2, 0) is 9.59 Å². The standard InChI is InChI=1S/C15H24N2O3/c18-10-15(5-6-15)9-16-13(19)12-2-1-7-17(8-12)14(20)11-3-4-11/h11-12,18H,1-10H2,(H,16,19)/t12-/m0/s1. The molecule has 2 saturated carbocycles. The van der Waals surface area contributed by atoms with Crippen LogP contribution < -0.4 is 5.32 Å². The molecule has 3 fully saturated rings. The van der Waals surface area contributed by atoms with Gasteiger partial charge in [0, 0.05) is 31.0 Å². The van der Waals surface area contributed by atoms with Crippen molar-refractivity contribution in [1.29, 1.82) is 0 Å². The van der Waals surface area contributed by atoms with E-state index >= 15 is 0 Å². The molecule has 0 radical (unpaired) electrons. The Hall–Kier alpha value is -1.10. The molecule has 3 aliphatic rings. The smallest absolute Gasteiger partial charge is 0.225 e. The van der Waals surface area contributed by atoms with Crippen molar-refractivity contribution in [3.63, 3.8) is 0 Å². The molecule has 112 valence electrons. The van der Waals surface area contributed by atoms with Gasteiger partial charge >= 0.3 is 0 Å². The second kappa shape index (κ2) is 5.35. The number of likely N-dealkylation sites (tertiary alicyclic amines) is 1. The lowest BCUT2D eigenvalue weighted by Crippen LogP contribution is -2.47. The molecule has 20 heavy (non-hydrogen) atoms. The molecular formula is C15H24N2O3. The number of hydrogen-bond donors (Lipinski definition) is 2. The number of piperidine rings is 1. The van der Waals surface area contributed by atoms with Crippen LogP contribution in [0.5, 0.6) is 0 Å². The number of carbonyl (C=O) groups excluding carboxylic acids is 2. The minimum Gasteiger partial charge on any atom is -0.396 e. The molecule has 0 bridgehead atoms. The molecule has 1 heterocycles. The highest BCUT2D eigenvalue weighted by Crippen LogP contribution is 2.44.